The van der Waals surface area contributed by atoms with Crippen molar-refractivity contribution in [1.29, 1.82) is 0 Å². The maximum Gasteiger partial charge on any atom is 0.256 e. The highest BCUT2D eigenvalue weighted by Gasteiger charge is 2.23. The van der Waals surface area contributed by atoms with Crippen LogP contribution in [0.2, 0.25) is 0 Å². The second kappa shape index (κ2) is 6.88. The van der Waals surface area contributed by atoms with E-state index in [2.05, 4.69) is 15.3 Å². The highest BCUT2D eigenvalue weighted by Crippen LogP contribution is 2.21. The summed E-state index contributed by atoms with van der Waals surface area (Å²) >= 11 is 0. The van der Waals surface area contributed by atoms with Crippen LogP contribution in [0, 0.1) is 27.7 Å². The number of amides is 1. The minimum atomic E-state index is -0.117. The first-order chi connectivity index (χ1) is 12.0. The molecule has 25 heavy (non-hydrogen) atoms. The molecule has 0 N–H and O–H groups in total. The van der Waals surface area contributed by atoms with Crippen LogP contribution < -0.4 is 0 Å². The molecule has 3 heterocycles. The van der Waals surface area contributed by atoms with E-state index in [-0.39, 0.29) is 5.91 Å². The molecule has 0 saturated carbocycles. The Hall–Kier alpha value is -2.96. The van der Waals surface area contributed by atoms with E-state index in [4.69, 9.17) is 9.05 Å². The van der Waals surface area contributed by atoms with Crippen LogP contribution in [0.3, 0.4) is 0 Å². The van der Waals surface area contributed by atoms with Gasteiger partial charge < -0.3 is 13.9 Å². The molecule has 0 aliphatic carbocycles. The van der Waals surface area contributed by atoms with Crippen LogP contribution in [-0.4, -0.2) is 26.1 Å². The summed E-state index contributed by atoms with van der Waals surface area (Å²) in [7, 11) is 0. The van der Waals surface area contributed by atoms with Gasteiger partial charge in [-0.2, -0.15) is 0 Å². The Balaban J connectivity index is 1.95. The van der Waals surface area contributed by atoms with Crippen LogP contribution >= 0.6 is 0 Å². The highest BCUT2D eigenvalue weighted by molar-refractivity contribution is 5.93. The fourth-order valence-corrected chi connectivity index (χ4v) is 2.71. The molecule has 0 fully saturated rings. The Morgan fingerprint density at radius 3 is 1.96 bits per heavy atom. The number of pyridine rings is 1. The molecule has 0 atom stereocenters. The molecular weight excluding hydrogens is 320 g/mol. The predicted octanol–water partition coefficient (Wildman–Crippen LogP) is 3.13. The summed E-state index contributed by atoms with van der Waals surface area (Å²) in [5.74, 6) is 1.30. The lowest BCUT2D eigenvalue weighted by atomic mass is 10.1. The molecule has 0 spiro atoms. The van der Waals surface area contributed by atoms with E-state index in [1.54, 1.807) is 29.4 Å². The van der Waals surface area contributed by atoms with Gasteiger partial charge in [0.15, 0.2) is 0 Å². The fraction of sp³-hybridized carbons (Fsp3) is 0.333. The molecule has 7 heteroatoms. The predicted molar refractivity (Wildman–Crippen MR) is 89.8 cm³/mol. The van der Waals surface area contributed by atoms with E-state index in [0.717, 1.165) is 22.5 Å². The van der Waals surface area contributed by atoms with E-state index in [1.807, 2.05) is 27.7 Å². The van der Waals surface area contributed by atoms with Crippen LogP contribution in [0.15, 0.2) is 33.6 Å². The standard InChI is InChI=1S/C18H20N4O3/c1-11-16(13(3)24-20-11)9-22(10-17-12(2)21-25-14(17)4)18(23)15-6-5-7-19-8-15/h5-8H,9-10H2,1-4H3. The monoisotopic (exact) mass is 340 g/mol. The molecular formula is C18H20N4O3. The second-order valence-corrected chi connectivity index (χ2v) is 6.01. The fourth-order valence-electron chi connectivity index (χ4n) is 2.71. The first kappa shape index (κ1) is 16.9. The normalized spacial score (nSPS) is 10.9. The Kier molecular flexibility index (Phi) is 4.65. The zero-order chi connectivity index (χ0) is 18.0. The summed E-state index contributed by atoms with van der Waals surface area (Å²) in [6.45, 7) is 8.21. The molecule has 0 aliphatic heterocycles. The number of aromatic nitrogens is 3. The lowest BCUT2D eigenvalue weighted by molar-refractivity contribution is 0.0728. The van der Waals surface area contributed by atoms with Gasteiger partial charge in [-0.15, -0.1) is 0 Å². The van der Waals surface area contributed by atoms with Gasteiger partial charge >= 0.3 is 0 Å². The van der Waals surface area contributed by atoms with Crippen molar-refractivity contribution in [2.24, 2.45) is 0 Å². The summed E-state index contributed by atoms with van der Waals surface area (Å²) in [6, 6.07) is 3.50. The SMILES string of the molecule is Cc1noc(C)c1CN(Cc1c(C)noc1C)C(=O)c1cccnc1. The first-order valence-electron chi connectivity index (χ1n) is 8.00. The number of rotatable bonds is 5. The second-order valence-electron chi connectivity index (χ2n) is 6.01. The third-order valence-electron chi connectivity index (χ3n) is 4.26. The van der Waals surface area contributed by atoms with Crippen molar-refractivity contribution < 1.29 is 13.8 Å². The quantitative estimate of drug-likeness (QED) is 0.709. The van der Waals surface area contributed by atoms with Gasteiger partial charge in [-0.3, -0.25) is 9.78 Å². The van der Waals surface area contributed by atoms with Crippen molar-refractivity contribution in [3.8, 4) is 0 Å². The van der Waals surface area contributed by atoms with E-state index in [1.165, 1.54) is 0 Å². The molecule has 130 valence electrons. The van der Waals surface area contributed by atoms with Crippen molar-refractivity contribution in [2.45, 2.75) is 40.8 Å². The van der Waals surface area contributed by atoms with Crippen molar-refractivity contribution >= 4 is 5.91 Å². The molecule has 1 amide bonds. The Labute approximate surface area is 145 Å². The van der Waals surface area contributed by atoms with Crippen molar-refractivity contribution in [3.63, 3.8) is 0 Å². The van der Waals surface area contributed by atoms with E-state index in [0.29, 0.717) is 30.2 Å². The summed E-state index contributed by atoms with van der Waals surface area (Å²) in [5, 5.41) is 7.95. The lowest BCUT2D eigenvalue weighted by Gasteiger charge is -2.22. The van der Waals surface area contributed by atoms with Crippen molar-refractivity contribution in [1.82, 2.24) is 20.2 Å². The maximum absolute atomic E-state index is 13.0. The average molecular weight is 340 g/mol. The molecule has 3 aromatic heterocycles. The van der Waals surface area contributed by atoms with Gasteiger partial charge in [0.1, 0.15) is 11.5 Å². The topological polar surface area (TPSA) is 85.3 Å². The zero-order valence-corrected chi connectivity index (χ0v) is 14.7. The van der Waals surface area contributed by atoms with Gasteiger partial charge in [-0.25, -0.2) is 0 Å². The molecule has 3 aromatic rings. The minimum absolute atomic E-state index is 0.117. The van der Waals surface area contributed by atoms with Crippen molar-refractivity contribution in [3.05, 3.63) is 64.1 Å². The number of aryl methyl sites for hydroxylation is 4. The number of hydrogen-bond acceptors (Lipinski definition) is 6. The minimum Gasteiger partial charge on any atom is -0.361 e. The van der Waals surface area contributed by atoms with Crippen LogP contribution in [0.25, 0.3) is 0 Å². The van der Waals surface area contributed by atoms with Gasteiger partial charge in [-0.1, -0.05) is 10.3 Å². The number of nitrogens with zero attached hydrogens (tertiary/aromatic N) is 4. The van der Waals surface area contributed by atoms with Crippen LogP contribution in [0.4, 0.5) is 0 Å². The smallest absolute Gasteiger partial charge is 0.256 e. The van der Waals surface area contributed by atoms with Gasteiger partial charge in [0, 0.05) is 23.5 Å². The molecule has 0 bridgehead atoms. The summed E-state index contributed by atoms with van der Waals surface area (Å²) in [5.41, 5.74) is 3.90. The Morgan fingerprint density at radius 1 is 1.00 bits per heavy atom. The molecule has 0 aromatic carbocycles. The summed E-state index contributed by atoms with van der Waals surface area (Å²) in [4.78, 5) is 18.8. The van der Waals surface area contributed by atoms with E-state index >= 15 is 0 Å². The maximum atomic E-state index is 13.0. The van der Waals surface area contributed by atoms with Gasteiger partial charge in [0.05, 0.1) is 30.0 Å². The number of carbonyl (C=O) groups excluding carboxylic acids is 1. The number of hydrogen-bond donors (Lipinski definition) is 0. The molecule has 0 aliphatic rings. The Morgan fingerprint density at radius 2 is 1.56 bits per heavy atom. The van der Waals surface area contributed by atoms with Crippen LogP contribution in [0.5, 0.6) is 0 Å². The zero-order valence-electron chi connectivity index (χ0n) is 14.7. The third-order valence-corrected chi connectivity index (χ3v) is 4.26. The molecule has 7 nitrogen and oxygen atoms in total. The molecule has 0 saturated heterocycles. The average Bonchev–Trinajstić information content (AvgIpc) is 3.11. The highest BCUT2D eigenvalue weighted by atomic mass is 16.5. The van der Waals surface area contributed by atoms with Crippen LogP contribution in [0.1, 0.15) is 44.4 Å². The van der Waals surface area contributed by atoms with Gasteiger partial charge in [-0.05, 0) is 39.8 Å². The third kappa shape index (κ3) is 3.45. The van der Waals surface area contributed by atoms with Gasteiger partial charge in [0.25, 0.3) is 5.91 Å². The first-order valence-corrected chi connectivity index (χ1v) is 8.00. The van der Waals surface area contributed by atoms with E-state index in [9.17, 15) is 4.79 Å². The Bertz CT molecular complexity index is 796. The van der Waals surface area contributed by atoms with Crippen molar-refractivity contribution in [2.75, 3.05) is 0 Å². The van der Waals surface area contributed by atoms with E-state index < -0.39 is 0 Å². The molecule has 0 radical (unpaired) electrons. The van der Waals surface area contributed by atoms with Gasteiger partial charge in [0.2, 0.25) is 0 Å². The number of carbonyl (C=O) groups is 1. The summed E-state index contributed by atoms with van der Waals surface area (Å²) < 4.78 is 10.5. The lowest BCUT2D eigenvalue weighted by Crippen LogP contribution is -2.31. The largest absolute Gasteiger partial charge is 0.361 e. The van der Waals surface area contributed by atoms with Crippen LogP contribution in [-0.2, 0) is 13.1 Å². The molecule has 0 unspecified atom stereocenters. The molecule has 3 rings (SSSR count). The summed E-state index contributed by atoms with van der Waals surface area (Å²) in [6.07, 6.45) is 3.21.